The Kier molecular flexibility index (Phi) is 8.98. The highest BCUT2D eigenvalue weighted by molar-refractivity contribution is 14.0. The predicted molar refractivity (Wildman–Crippen MR) is 105 cm³/mol. The smallest absolute Gasteiger partial charge is 0.356 e. The van der Waals surface area contributed by atoms with E-state index in [9.17, 15) is 13.2 Å². The average molecular weight is 470 g/mol. The Hall–Kier alpha value is -1.03. The molecule has 0 amide bonds. The lowest BCUT2D eigenvalue weighted by molar-refractivity contribution is -0.137. The molecule has 0 radical (unpaired) electrons. The highest BCUT2D eigenvalue weighted by Gasteiger charge is 2.30. The van der Waals surface area contributed by atoms with Crippen molar-refractivity contribution in [3.05, 3.63) is 35.4 Å². The van der Waals surface area contributed by atoms with Crippen LogP contribution in [-0.2, 0) is 6.18 Å². The molecule has 1 aromatic rings. The first-order valence-corrected chi connectivity index (χ1v) is 8.39. The molecule has 0 aromatic heterocycles. The number of nitrogens with one attached hydrogen (secondary N) is 2. The number of aliphatic imine (C=N–C) groups is 1. The van der Waals surface area contributed by atoms with E-state index in [1.807, 2.05) is 0 Å². The Labute approximate surface area is 164 Å². The number of alkyl halides is 3. The highest BCUT2D eigenvalue weighted by Crippen LogP contribution is 2.30. The molecule has 1 aromatic carbocycles. The summed E-state index contributed by atoms with van der Waals surface area (Å²) in [5.74, 6) is 0.769. The number of rotatable bonds is 6. The maximum absolute atomic E-state index is 12.8. The molecule has 142 valence electrons. The molecule has 1 atom stereocenters. The molecule has 1 heterocycles. The first-order chi connectivity index (χ1) is 11.5. The third-order valence-corrected chi connectivity index (χ3v) is 4.24. The van der Waals surface area contributed by atoms with Crippen molar-refractivity contribution in [2.75, 3.05) is 32.7 Å². The number of nitrogens with zero attached hydrogens (tertiary/aromatic N) is 2. The second kappa shape index (κ2) is 10.2. The van der Waals surface area contributed by atoms with E-state index in [4.69, 9.17) is 0 Å². The van der Waals surface area contributed by atoms with E-state index in [-0.39, 0.29) is 30.0 Å². The fourth-order valence-electron chi connectivity index (χ4n) is 2.86. The van der Waals surface area contributed by atoms with E-state index in [0.29, 0.717) is 6.54 Å². The van der Waals surface area contributed by atoms with Crippen molar-refractivity contribution in [2.45, 2.75) is 32.5 Å². The molecule has 0 spiro atoms. The first kappa shape index (κ1) is 22.0. The van der Waals surface area contributed by atoms with Crippen LogP contribution in [0.1, 0.15) is 37.4 Å². The lowest BCUT2D eigenvalue weighted by atomic mass is 10.0. The van der Waals surface area contributed by atoms with Gasteiger partial charge in [-0.25, -0.2) is 0 Å². The van der Waals surface area contributed by atoms with Crippen LogP contribution in [-0.4, -0.2) is 43.6 Å². The number of likely N-dealkylation sites (N-methyl/N-ethyl adjacent to an activating group) is 1. The quantitative estimate of drug-likeness (QED) is 0.624. The summed E-state index contributed by atoms with van der Waals surface area (Å²) in [5.41, 5.74) is 0.256. The van der Waals surface area contributed by atoms with Crippen molar-refractivity contribution < 1.29 is 13.2 Å². The van der Waals surface area contributed by atoms with Crippen LogP contribution in [0.4, 0.5) is 13.2 Å². The van der Waals surface area contributed by atoms with Crippen molar-refractivity contribution >= 4 is 29.9 Å². The van der Waals surface area contributed by atoms with Crippen molar-refractivity contribution in [3.63, 3.8) is 0 Å². The summed E-state index contributed by atoms with van der Waals surface area (Å²) in [7, 11) is 0. The van der Waals surface area contributed by atoms with Gasteiger partial charge >= 0.3 is 6.18 Å². The zero-order valence-electron chi connectivity index (χ0n) is 14.6. The van der Waals surface area contributed by atoms with Crippen LogP contribution >= 0.6 is 24.0 Å². The van der Waals surface area contributed by atoms with Gasteiger partial charge in [0.2, 0.25) is 0 Å². The minimum atomic E-state index is -4.30. The zero-order valence-corrected chi connectivity index (χ0v) is 16.9. The topological polar surface area (TPSA) is 39.7 Å². The molecule has 2 N–H and O–H groups in total. The van der Waals surface area contributed by atoms with Crippen LogP contribution in [0, 0.1) is 0 Å². The molecule has 8 heteroatoms. The molecule has 25 heavy (non-hydrogen) atoms. The van der Waals surface area contributed by atoms with Crippen molar-refractivity contribution in [1.29, 1.82) is 0 Å². The fourth-order valence-corrected chi connectivity index (χ4v) is 2.86. The van der Waals surface area contributed by atoms with Crippen LogP contribution in [0.15, 0.2) is 29.3 Å². The Balaban J connectivity index is 0.00000312. The first-order valence-electron chi connectivity index (χ1n) is 8.39. The van der Waals surface area contributed by atoms with Gasteiger partial charge in [0.15, 0.2) is 5.96 Å². The predicted octanol–water partition coefficient (Wildman–Crippen LogP) is 3.65. The summed E-state index contributed by atoms with van der Waals surface area (Å²) >= 11 is 0. The molecular formula is C17H26F3IN4. The van der Waals surface area contributed by atoms with Gasteiger partial charge in [0, 0.05) is 19.6 Å². The Morgan fingerprint density at radius 3 is 2.32 bits per heavy atom. The molecular weight excluding hydrogens is 444 g/mol. The van der Waals surface area contributed by atoms with E-state index in [1.54, 1.807) is 12.1 Å². The largest absolute Gasteiger partial charge is 0.416 e. The SMILES string of the molecule is CCN(CC)C(CNC1=NCCCN1)c1ccc(C(F)(F)F)cc1.I. The highest BCUT2D eigenvalue weighted by atomic mass is 127. The second-order valence-corrected chi connectivity index (χ2v) is 5.75. The zero-order chi connectivity index (χ0) is 17.6. The molecule has 0 bridgehead atoms. The van der Waals surface area contributed by atoms with Gasteiger partial charge in [-0.2, -0.15) is 13.2 Å². The Bertz CT molecular complexity index is 542. The third-order valence-electron chi connectivity index (χ3n) is 4.24. The maximum atomic E-state index is 12.8. The lowest BCUT2D eigenvalue weighted by Crippen LogP contribution is -2.45. The van der Waals surface area contributed by atoms with Crippen molar-refractivity contribution in [2.24, 2.45) is 4.99 Å². The van der Waals surface area contributed by atoms with Crippen LogP contribution in [0.5, 0.6) is 0 Å². The van der Waals surface area contributed by atoms with Gasteiger partial charge in [-0.15, -0.1) is 24.0 Å². The number of hydrogen-bond acceptors (Lipinski definition) is 4. The van der Waals surface area contributed by atoms with Gasteiger partial charge in [0.05, 0.1) is 11.6 Å². The van der Waals surface area contributed by atoms with E-state index >= 15 is 0 Å². The van der Waals surface area contributed by atoms with Crippen LogP contribution in [0.2, 0.25) is 0 Å². The average Bonchev–Trinajstić information content (AvgIpc) is 2.59. The van der Waals surface area contributed by atoms with Gasteiger partial charge in [-0.05, 0) is 37.2 Å². The number of halogens is 4. The summed E-state index contributed by atoms with van der Waals surface area (Å²) in [6, 6.07) is 5.45. The number of benzene rings is 1. The monoisotopic (exact) mass is 470 g/mol. The molecule has 4 nitrogen and oxygen atoms in total. The van der Waals surface area contributed by atoms with Gasteiger partial charge < -0.3 is 10.6 Å². The second-order valence-electron chi connectivity index (χ2n) is 5.75. The van der Waals surface area contributed by atoms with Crippen LogP contribution in [0.3, 0.4) is 0 Å². The van der Waals surface area contributed by atoms with E-state index in [2.05, 4.69) is 34.4 Å². The Morgan fingerprint density at radius 2 is 1.84 bits per heavy atom. The normalized spacial score (nSPS) is 15.8. The standard InChI is InChI=1S/C17H25F3N4.HI/c1-3-24(4-2)15(12-23-16-21-10-5-11-22-16)13-6-8-14(9-7-13)17(18,19)20;/h6-9,15H,3-5,10-12H2,1-2H3,(H2,21,22,23);1H. The van der Waals surface area contributed by atoms with Gasteiger partial charge in [-0.3, -0.25) is 9.89 Å². The fraction of sp³-hybridized carbons (Fsp3) is 0.588. The summed E-state index contributed by atoms with van der Waals surface area (Å²) in [6.07, 6.45) is -3.29. The van der Waals surface area contributed by atoms with Crippen molar-refractivity contribution in [3.8, 4) is 0 Å². The van der Waals surface area contributed by atoms with E-state index in [0.717, 1.165) is 56.3 Å². The molecule has 1 unspecified atom stereocenters. The maximum Gasteiger partial charge on any atom is 0.416 e. The van der Waals surface area contributed by atoms with Crippen LogP contribution < -0.4 is 10.6 Å². The Morgan fingerprint density at radius 1 is 1.20 bits per heavy atom. The molecule has 0 aliphatic carbocycles. The molecule has 0 fully saturated rings. The van der Waals surface area contributed by atoms with Gasteiger partial charge in [0.25, 0.3) is 0 Å². The molecule has 1 aliphatic rings. The van der Waals surface area contributed by atoms with Gasteiger partial charge in [0.1, 0.15) is 0 Å². The third kappa shape index (κ3) is 6.32. The minimum absolute atomic E-state index is 0. The summed E-state index contributed by atoms with van der Waals surface area (Å²) in [5, 5.41) is 6.49. The summed E-state index contributed by atoms with van der Waals surface area (Å²) < 4.78 is 38.3. The number of hydrogen-bond donors (Lipinski definition) is 2. The molecule has 2 rings (SSSR count). The molecule has 0 saturated heterocycles. The number of guanidine groups is 1. The summed E-state index contributed by atoms with van der Waals surface area (Å²) in [6.45, 7) is 8.04. The lowest BCUT2D eigenvalue weighted by Gasteiger charge is -2.31. The summed E-state index contributed by atoms with van der Waals surface area (Å²) in [4.78, 5) is 6.60. The van der Waals surface area contributed by atoms with Gasteiger partial charge in [-0.1, -0.05) is 26.0 Å². The minimum Gasteiger partial charge on any atom is -0.356 e. The van der Waals surface area contributed by atoms with Crippen LogP contribution in [0.25, 0.3) is 0 Å². The van der Waals surface area contributed by atoms with E-state index in [1.165, 1.54) is 0 Å². The van der Waals surface area contributed by atoms with Crippen molar-refractivity contribution in [1.82, 2.24) is 15.5 Å². The molecule has 1 aliphatic heterocycles. The molecule has 0 saturated carbocycles. The van der Waals surface area contributed by atoms with E-state index < -0.39 is 11.7 Å².